The van der Waals surface area contributed by atoms with E-state index >= 15 is 4.39 Å². The summed E-state index contributed by atoms with van der Waals surface area (Å²) in [6.07, 6.45) is 8.36. The molecule has 2 aromatic heterocycles. The highest BCUT2D eigenvalue weighted by Gasteiger charge is 2.18. The van der Waals surface area contributed by atoms with Crippen molar-refractivity contribution in [3.63, 3.8) is 0 Å². The Morgan fingerprint density at radius 2 is 1.95 bits per heavy atom. The van der Waals surface area contributed by atoms with Gasteiger partial charge in [0.2, 0.25) is 5.91 Å². The molecule has 1 aliphatic heterocycles. The van der Waals surface area contributed by atoms with E-state index < -0.39 is 5.82 Å². The lowest BCUT2D eigenvalue weighted by Gasteiger charge is -2.22. The number of hydrogen-bond donors (Lipinski definition) is 2. The Morgan fingerprint density at radius 1 is 1.15 bits per heavy atom. The van der Waals surface area contributed by atoms with Crippen molar-refractivity contribution in [3.05, 3.63) is 77.5 Å². The maximum atomic E-state index is 15.4. The summed E-state index contributed by atoms with van der Waals surface area (Å²) in [4.78, 5) is 17.1. The van der Waals surface area contributed by atoms with Crippen molar-refractivity contribution < 1.29 is 13.9 Å². The lowest BCUT2D eigenvalue weighted by molar-refractivity contribution is -0.115. The molecule has 0 saturated carbocycles. The van der Waals surface area contributed by atoms with Gasteiger partial charge in [0.05, 0.1) is 29.4 Å². The third kappa shape index (κ3) is 6.28. The fourth-order valence-electron chi connectivity index (χ4n) is 5.02. The largest absolute Gasteiger partial charge is 0.456 e. The van der Waals surface area contributed by atoms with Crippen molar-refractivity contribution in [2.45, 2.75) is 58.9 Å². The van der Waals surface area contributed by atoms with E-state index in [4.69, 9.17) is 4.74 Å². The summed E-state index contributed by atoms with van der Waals surface area (Å²) in [5, 5.41) is 11.4. The van der Waals surface area contributed by atoms with E-state index in [-0.39, 0.29) is 17.9 Å². The number of fused-ring (bicyclic) bond motifs is 1. The second kappa shape index (κ2) is 11.1. The summed E-state index contributed by atoms with van der Waals surface area (Å²) in [6.45, 7) is 9.88. The molecule has 1 aliphatic rings. The van der Waals surface area contributed by atoms with Gasteiger partial charge in [0.25, 0.3) is 0 Å². The summed E-state index contributed by atoms with van der Waals surface area (Å²) >= 11 is 0. The number of carbonyl (C=O) groups excluding carboxylic acids is 1. The van der Waals surface area contributed by atoms with Crippen molar-refractivity contribution in [2.24, 2.45) is 5.92 Å². The van der Waals surface area contributed by atoms with Crippen molar-refractivity contribution in [1.29, 1.82) is 0 Å². The molecule has 3 heterocycles. The van der Waals surface area contributed by atoms with Crippen molar-refractivity contribution in [2.75, 3.05) is 18.4 Å². The Morgan fingerprint density at radius 3 is 2.69 bits per heavy atom. The van der Waals surface area contributed by atoms with Gasteiger partial charge in [-0.15, -0.1) is 0 Å². The van der Waals surface area contributed by atoms with Gasteiger partial charge in [0.15, 0.2) is 0 Å². The van der Waals surface area contributed by atoms with Crippen LogP contribution in [0.15, 0.2) is 55.0 Å². The molecule has 0 bridgehead atoms. The highest BCUT2D eigenvalue weighted by Crippen LogP contribution is 2.34. The Hall–Kier alpha value is -3.78. The Balaban J connectivity index is 1.31. The minimum Gasteiger partial charge on any atom is -0.456 e. The number of carbonyl (C=O) groups is 1. The molecular formula is C31H36FN5O2. The molecule has 4 aromatic rings. The van der Waals surface area contributed by atoms with Gasteiger partial charge in [-0.1, -0.05) is 12.1 Å². The van der Waals surface area contributed by atoms with Gasteiger partial charge in [-0.3, -0.25) is 14.5 Å². The number of ether oxygens (including phenoxy) is 1. The second-order valence-corrected chi connectivity index (χ2v) is 11.4. The SMILES string of the molecule is Cc1c(Oc2ccnc3ccc(CC4CCNCC4)cc23)ccc(CC(=O)Nc2cnn(C(C)(C)C)c2)c1F. The summed E-state index contributed by atoms with van der Waals surface area (Å²) < 4.78 is 23.4. The molecule has 8 heteroatoms. The number of anilines is 1. The predicted molar refractivity (Wildman–Crippen MR) is 152 cm³/mol. The Bertz CT molecular complexity index is 1480. The summed E-state index contributed by atoms with van der Waals surface area (Å²) in [5.74, 6) is 0.964. The molecule has 0 spiro atoms. The molecule has 204 valence electrons. The number of piperidine rings is 1. The first-order chi connectivity index (χ1) is 18.7. The van der Waals surface area contributed by atoms with Gasteiger partial charge in [-0.2, -0.15) is 5.10 Å². The van der Waals surface area contributed by atoms with Crippen LogP contribution in [0.1, 0.15) is 50.3 Å². The van der Waals surface area contributed by atoms with Crippen LogP contribution in [0.2, 0.25) is 0 Å². The Kier molecular flexibility index (Phi) is 7.66. The summed E-state index contributed by atoms with van der Waals surface area (Å²) in [7, 11) is 0. The third-order valence-corrected chi connectivity index (χ3v) is 7.29. The normalized spacial score (nSPS) is 14.5. The molecule has 1 saturated heterocycles. The molecule has 2 aromatic carbocycles. The van der Waals surface area contributed by atoms with Crippen LogP contribution in [0.25, 0.3) is 10.9 Å². The van der Waals surface area contributed by atoms with E-state index in [9.17, 15) is 4.79 Å². The molecule has 39 heavy (non-hydrogen) atoms. The van der Waals surface area contributed by atoms with E-state index in [1.807, 2.05) is 32.9 Å². The fraction of sp³-hybridized carbons (Fsp3) is 0.387. The zero-order chi connectivity index (χ0) is 27.6. The standard InChI is InChI=1S/C31H36FN5O2/c1-20-27(8-6-23(30(20)32)17-29(38)36-24-18-35-37(19-24)31(2,3)4)39-28-11-14-34-26-7-5-22(16-25(26)28)15-21-9-12-33-13-10-21/h5-8,11,14,16,18-19,21,33H,9-10,12-13,15,17H2,1-4H3,(H,36,38). The molecule has 0 radical (unpaired) electrons. The van der Waals surface area contributed by atoms with Crippen LogP contribution in [0, 0.1) is 18.7 Å². The zero-order valence-electron chi connectivity index (χ0n) is 23.1. The van der Waals surface area contributed by atoms with Gasteiger partial charge in [0.1, 0.15) is 17.3 Å². The van der Waals surface area contributed by atoms with E-state index in [0.717, 1.165) is 30.4 Å². The number of aromatic nitrogens is 3. The van der Waals surface area contributed by atoms with Crippen LogP contribution in [0.4, 0.5) is 10.1 Å². The first-order valence-electron chi connectivity index (χ1n) is 13.6. The van der Waals surface area contributed by atoms with Crippen molar-refractivity contribution >= 4 is 22.5 Å². The first kappa shape index (κ1) is 26.8. The molecule has 0 aliphatic carbocycles. The maximum absolute atomic E-state index is 15.4. The van der Waals surface area contributed by atoms with E-state index in [0.29, 0.717) is 34.2 Å². The average Bonchev–Trinajstić information content (AvgIpc) is 3.38. The molecule has 0 unspecified atom stereocenters. The van der Waals surface area contributed by atoms with E-state index in [1.165, 1.54) is 18.4 Å². The average molecular weight is 530 g/mol. The number of rotatable bonds is 7. The highest BCUT2D eigenvalue weighted by atomic mass is 19.1. The van der Waals surface area contributed by atoms with Crippen LogP contribution in [-0.2, 0) is 23.2 Å². The number of nitrogens with one attached hydrogen (secondary N) is 2. The number of pyridine rings is 1. The van der Waals surface area contributed by atoms with Gasteiger partial charge in [-0.05, 0) is 101 Å². The van der Waals surface area contributed by atoms with E-state index in [2.05, 4.69) is 32.8 Å². The summed E-state index contributed by atoms with van der Waals surface area (Å²) in [5.41, 5.74) is 3.14. The molecule has 2 N–H and O–H groups in total. The minimum absolute atomic E-state index is 0.0914. The number of amides is 1. The molecular weight excluding hydrogens is 493 g/mol. The fourth-order valence-corrected chi connectivity index (χ4v) is 5.02. The third-order valence-electron chi connectivity index (χ3n) is 7.29. The van der Waals surface area contributed by atoms with Crippen LogP contribution < -0.4 is 15.4 Å². The molecule has 1 fully saturated rings. The van der Waals surface area contributed by atoms with Gasteiger partial charge in [-0.25, -0.2) is 4.39 Å². The smallest absolute Gasteiger partial charge is 0.228 e. The number of benzene rings is 2. The molecule has 0 atom stereocenters. The quantitative estimate of drug-likeness (QED) is 0.300. The van der Waals surface area contributed by atoms with E-state index in [1.54, 1.807) is 42.3 Å². The summed E-state index contributed by atoms with van der Waals surface area (Å²) in [6, 6.07) is 11.5. The van der Waals surface area contributed by atoms with Crippen molar-refractivity contribution in [3.8, 4) is 11.5 Å². The molecule has 5 rings (SSSR count). The minimum atomic E-state index is -0.446. The molecule has 7 nitrogen and oxygen atoms in total. The topological polar surface area (TPSA) is 81.1 Å². The van der Waals surface area contributed by atoms with Crippen LogP contribution in [-0.4, -0.2) is 33.8 Å². The predicted octanol–water partition coefficient (Wildman–Crippen LogP) is 6.15. The van der Waals surface area contributed by atoms with Gasteiger partial charge < -0.3 is 15.4 Å². The number of nitrogens with zero attached hydrogens (tertiary/aromatic N) is 3. The van der Waals surface area contributed by atoms with Crippen LogP contribution in [0.3, 0.4) is 0 Å². The lowest BCUT2D eigenvalue weighted by atomic mass is 9.90. The monoisotopic (exact) mass is 529 g/mol. The zero-order valence-corrected chi connectivity index (χ0v) is 23.1. The van der Waals surface area contributed by atoms with Gasteiger partial charge >= 0.3 is 0 Å². The Labute approximate surface area is 228 Å². The maximum Gasteiger partial charge on any atom is 0.228 e. The van der Waals surface area contributed by atoms with Gasteiger partial charge in [0, 0.05) is 23.3 Å². The van der Waals surface area contributed by atoms with Crippen molar-refractivity contribution in [1.82, 2.24) is 20.1 Å². The van der Waals surface area contributed by atoms with Crippen LogP contribution >= 0.6 is 0 Å². The number of halogens is 1. The lowest BCUT2D eigenvalue weighted by Crippen LogP contribution is -2.28. The second-order valence-electron chi connectivity index (χ2n) is 11.4. The molecule has 1 amide bonds. The number of hydrogen-bond acceptors (Lipinski definition) is 5. The highest BCUT2D eigenvalue weighted by molar-refractivity contribution is 5.92. The van der Waals surface area contributed by atoms with Crippen LogP contribution in [0.5, 0.6) is 11.5 Å². The first-order valence-corrected chi connectivity index (χ1v) is 13.6.